The molecule has 0 aliphatic rings. The van der Waals surface area contributed by atoms with Gasteiger partial charge in [-0.15, -0.1) is 0 Å². The summed E-state index contributed by atoms with van der Waals surface area (Å²) in [6, 6.07) is 3.61. The van der Waals surface area contributed by atoms with Crippen molar-refractivity contribution in [3.8, 4) is 0 Å². The first-order chi connectivity index (χ1) is 8.81. The van der Waals surface area contributed by atoms with Crippen molar-refractivity contribution in [1.29, 1.82) is 0 Å². The first kappa shape index (κ1) is 15.6. The Balaban J connectivity index is 3.03. The molecule has 0 aliphatic heterocycles. The normalized spacial score (nSPS) is 12.4. The van der Waals surface area contributed by atoms with E-state index in [1.807, 2.05) is 0 Å². The van der Waals surface area contributed by atoms with Crippen LogP contribution in [0.2, 0.25) is 0 Å². The number of aliphatic carboxylic acids is 2. The fourth-order valence-corrected chi connectivity index (χ4v) is 2.09. The summed E-state index contributed by atoms with van der Waals surface area (Å²) >= 11 is 3.20. The van der Waals surface area contributed by atoms with Crippen molar-refractivity contribution in [3.63, 3.8) is 0 Å². The Morgan fingerprint density at radius 1 is 1.32 bits per heavy atom. The molecule has 0 heterocycles. The molecule has 0 saturated heterocycles. The number of halogens is 2. The van der Waals surface area contributed by atoms with E-state index in [0.29, 0.717) is 4.47 Å². The lowest BCUT2D eigenvalue weighted by Gasteiger charge is -2.26. The van der Waals surface area contributed by atoms with Gasteiger partial charge < -0.3 is 10.2 Å². The van der Waals surface area contributed by atoms with Crippen molar-refractivity contribution in [3.05, 3.63) is 34.1 Å². The number of carboxylic acid groups (broad SMARTS) is 2. The number of hydrogen-bond donors (Lipinski definition) is 2. The van der Waals surface area contributed by atoms with E-state index in [2.05, 4.69) is 15.9 Å². The SMILES string of the molecule is CC(c1cc(Br)ccc1F)N(CC(=O)O)CC(=O)O. The summed E-state index contributed by atoms with van der Waals surface area (Å²) in [5.41, 5.74) is 0.247. The van der Waals surface area contributed by atoms with E-state index in [-0.39, 0.29) is 5.56 Å². The molecule has 19 heavy (non-hydrogen) atoms. The lowest BCUT2D eigenvalue weighted by atomic mass is 10.1. The highest BCUT2D eigenvalue weighted by Gasteiger charge is 2.23. The molecule has 0 amide bonds. The predicted octanol–water partition coefficient (Wildman–Crippen LogP) is 2.12. The van der Waals surface area contributed by atoms with Crippen LogP contribution in [-0.2, 0) is 9.59 Å². The molecule has 2 N–H and O–H groups in total. The number of carboxylic acids is 2. The second-order valence-corrected chi connectivity index (χ2v) is 4.95. The molecule has 1 aromatic rings. The zero-order valence-electron chi connectivity index (χ0n) is 10.1. The average molecular weight is 334 g/mol. The number of nitrogens with zero attached hydrogens (tertiary/aromatic N) is 1. The van der Waals surface area contributed by atoms with Crippen molar-refractivity contribution in [1.82, 2.24) is 4.90 Å². The van der Waals surface area contributed by atoms with Gasteiger partial charge in [0.1, 0.15) is 5.82 Å². The Bertz CT molecular complexity index is 479. The minimum absolute atomic E-state index is 0.247. The summed E-state index contributed by atoms with van der Waals surface area (Å²) in [6.45, 7) is 0.621. The second-order valence-electron chi connectivity index (χ2n) is 4.03. The molecule has 0 bridgehead atoms. The summed E-state index contributed by atoms with van der Waals surface area (Å²) in [4.78, 5) is 22.7. The second kappa shape index (κ2) is 6.63. The lowest BCUT2D eigenvalue weighted by Crippen LogP contribution is -2.36. The Kier molecular flexibility index (Phi) is 5.44. The highest BCUT2D eigenvalue weighted by atomic mass is 79.9. The van der Waals surface area contributed by atoms with Crippen molar-refractivity contribution < 1.29 is 24.2 Å². The molecule has 0 spiro atoms. The Morgan fingerprint density at radius 3 is 2.32 bits per heavy atom. The first-order valence-electron chi connectivity index (χ1n) is 5.44. The Labute approximate surface area is 117 Å². The smallest absolute Gasteiger partial charge is 0.317 e. The van der Waals surface area contributed by atoms with Crippen LogP contribution in [0.4, 0.5) is 4.39 Å². The van der Waals surface area contributed by atoms with Gasteiger partial charge in [0.05, 0.1) is 13.1 Å². The van der Waals surface area contributed by atoms with Gasteiger partial charge in [-0.3, -0.25) is 14.5 Å². The van der Waals surface area contributed by atoms with Crippen molar-refractivity contribution in [2.24, 2.45) is 0 Å². The molecule has 0 radical (unpaired) electrons. The van der Waals surface area contributed by atoms with Crippen LogP contribution in [0.1, 0.15) is 18.5 Å². The number of hydrogen-bond acceptors (Lipinski definition) is 3. The molecular weight excluding hydrogens is 321 g/mol. The van der Waals surface area contributed by atoms with Crippen LogP contribution in [0.15, 0.2) is 22.7 Å². The molecule has 104 valence electrons. The maximum atomic E-state index is 13.7. The van der Waals surface area contributed by atoms with E-state index >= 15 is 0 Å². The van der Waals surface area contributed by atoms with Crippen molar-refractivity contribution in [2.45, 2.75) is 13.0 Å². The monoisotopic (exact) mass is 333 g/mol. The first-order valence-corrected chi connectivity index (χ1v) is 6.23. The molecule has 7 heteroatoms. The Hall–Kier alpha value is -1.47. The molecule has 0 aromatic heterocycles. The molecule has 1 unspecified atom stereocenters. The molecule has 0 fully saturated rings. The molecule has 1 atom stereocenters. The van der Waals surface area contributed by atoms with Crippen molar-refractivity contribution >= 4 is 27.9 Å². The van der Waals surface area contributed by atoms with Crippen molar-refractivity contribution in [2.75, 3.05) is 13.1 Å². The quantitative estimate of drug-likeness (QED) is 0.833. The maximum absolute atomic E-state index is 13.7. The minimum atomic E-state index is -1.16. The summed E-state index contributed by atoms with van der Waals surface area (Å²) < 4.78 is 14.4. The summed E-state index contributed by atoms with van der Waals surface area (Å²) in [6.07, 6.45) is 0. The van der Waals surface area contributed by atoms with Gasteiger partial charge in [0.2, 0.25) is 0 Å². The molecule has 1 rings (SSSR count). The predicted molar refractivity (Wildman–Crippen MR) is 69.4 cm³/mol. The highest BCUT2D eigenvalue weighted by molar-refractivity contribution is 9.10. The summed E-state index contributed by atoms with van der Waals surface area (Å²) in [5.74, 6) is -2.83. The van der Waals surface area contributed by atoms with E-state index in [1.54, 1.807) is 6.92 Å². The minimum Gasteiger partial charge on any atom is -0.480 e. The summed E-state index contributed by atoms with van der Waals surface area (Å²) in [7, 11) is 0. The van der Waals surface area contributed by atoms with Crippen LogP contribution < -0.4 is 0 Å². The van der Waals surface area contributed by atoms with E-state index in [0.717, 1.165) is 0 Å². The molecular formula is C12H13BrFNO4. The third kappa shape index (κ3) is 4.60. The van der Waals surface area contributed by atoms with Crippen LogP contribution in [0.5, 0.6) is 0 Å². The van der Waals surface area contributed by atoms with Gasteiger partial charge in [-0.2, -0.15) is 0 Å². The standard InChI is InChI=1S/C12H13BrFNO4/c1-7(9-4-8(13)2-3-10(9)14)15(5-11(16)17)6-12(18)19/h2-4,7H,5-6H2,1H3,(H,16,17)(H,18,19). The Morgan fingerprint density at radius 2 is 1.84 bits per heavy atom. The molecule has 0 saturated carbocycles. The van der Waals surface area contributed by atoms with E-state index in [9.17, 15) is 14.0 Å². The van der Waals surface area contributed by atoms with Gasteiger partial charge in [0.25, 0.3) is 0 Å². The van der Waals surface area contributed by atoms with Crippen LogP contribution in [0.3, 0.4) is 0 Å². The molecule has 0 aliphatic carbocycles. The van der Waals surface area contributed by atoms with Crippen LogP contribution in [-0.4, -0.2) is 40.1 Å². The van der Waals surface area contributed by atoms with Crippen LogP contribution in [0.25, 0.3) is 0 Å². The fraction of sp³-hybridized carbons (Fsp3) is 0.333. The highest BCUT2D eigenvalue weighted by Crippen LogP contribution is 2.25. The number of rotatable bonds is 6. The number of carbonyl (C=O) groups is 2. The third-order valence-corrected chi connectivity index (χ3v) is 3.13. The zero-order valence-corrected chi connectivity index (χ0v) is 11.7. The largest absolute Gasteiger partial charge is 0.480 e. The van der Waals surface area contributed by atoms with Gasteiger partial charge in [0.15, 0.2) is 0 Å². The van der Waals surface area contributed by atoms with Crippen LogP contribution in [0, 0.1) is 5.82 Å². The summed E-state index contributed by atoms with van der Waals surface area (Å²) in [5, 5.41) is 17.6. The average Bonchev–Trinajstić information content (AvgIpc) is 2.29. The van der Waals surface area contributed by atoms with Gasteiger partial charge in [0, 0.05) is 16.1 Å². The maximum Gasteiger partial charge on any atom is 0.317 e. The lowest BCUT2D eigenvalue weighted by molar-refractivity contribution is -0.142. The molecule has 5 nitrogen and oxygen atoms in total. The van der Waals surface area contributed by atoms with Gasteiger partial charge >= 0.3 is 11.9 Å². The van der Waals surface area contributed by atoms with E-state index in [1.165, 1.54) is 23.1 Å². The van der Waals surface area contributed by atoms with E-state index in [4.69, 9.17) is 10.2 Å². The third-order valence-electron chi connectivity index (χ3n) is 2.63. The topological polar surface area (TPSA) is 77.8 Å². The molecule has 1 aromatic carbocycles. The van der Waals surface area contributed by atoms with Gasteiger partial charge in [-0.1, -0.05) is 15.9 Å². The zero-order chi connectivity index (χ0) is 14.6. The van der Waals surface area contributed by atoms with Gasteiger partial charge in [-0.25, -0.2) is 4.39 Å². The number of benzene rings is 1. The fourth-order valence-electron chi connectivity index (χ4n) is 1.71. The van der Waals surface area contributed by atoms with Gasteiger partial charge in [-0.05, 0) is 25.1 Å². The van der Waals surface area contributed by atoms with Crippen LogP contribution >= 0.6 is 15.9 Å². The van der Waals surface area contributed by atoms with E-state index < -0.39 is 36.9 Å².